The van der Waals surface area contributed by atoms with Crippen molar-refractivity contribution >= 4 is 12.1 Å². The van der Waals surface area contributed by atoms with Gasteiger partial charge in [0, 0.05) is 12.6 Å². The molecule has 1 aliphatic heterocycles. The number of benzene rings is 1. The van der Waals surface area contributed by atoms with Crippen molar-refractivity contribution in [3.8, 4) is 0 Å². The molecule has 0 atom stereocenters. The van der Waals surface area contributed by atoms with Crippen LogP contribution in [0.5, 0.6) is 0 Å². The molecular weight excluding hydrogens is 186 g/mol. The van der Waals surface area contributed by atoms with Gasteiger partial charge in [-0.3, -0.25) is 4.79 Å². The molecule has 0 saturated carbocycles. The minimum absolute atomic E-state index is 0.0528. The van der Waals surface area contributed by atoms with Crippen molar-refractivity contribution in [2.75, 3.05) is 0 Å². The van der Waals surface area contributed by atoms with Crippen LogP contribution in [0.3, 0.4) is 0 Å². The van der Waals surface area contributed by atoms with E-state index in [1.165, 1.54) is 11.1 Å². The van der Waals surface area contributed by atoms with Gasteiger partial charge in [0.25, 0.3) is 0 Å². The van der Waals surface area contributed by atoms with E-state index in [0.717, 1.165) is 12.0 Å². The first-order valence-electron chi connectivity index (χ1n) is 5.05. The van der Waals surface area contributed by atoms with Crippen molar-refractivity contribution in [3.63, 3.8) is 0 Å². The van der Waals surface area contributed by atoms with Gasteiger partial charge in [0.1, 0.15) is 0 Å². The minimum Gasteiger partial charge on any atom is -0.272 e. The molecule has 15 heavy (non-hydrogen) atoms. The maximum absolute atomic E-state index is 10.9. The van der Waals surface area contributed by atoms with Crippen LogP contribution in [0.2, 0.25) is 0 Å². The van der Waals surface area contributed by atoms with Gasteiger partial charge in [-0.1, -0.05) is 35.9 Å². The third kappa shape index (κ3) is 2.62. The van der Waals surface area contributed by atoms with Crippen LogP contribution >= 0.6 is 0 Å². The van der Waals surface area contributed by atoms with Crippen LogP contribution in [0.1, 0.15) is 17.5 Å². The summed E-state index contributed by atoms with van der Waals surface area (Å²) in [7, 11) is 0. The van der Waals surface area contributed by atoms with Crippen LogP contribution in [0.15, 0.2) is 40.9 Å². The zero-order valence-electron chi connectivity index (χ0n) is 8.73. The molecule has 0 radical (unpaired) electrons. The zero-order valence-corrected chi connectivity index (χ0v) is 8.73. The van der Waals surface area contributed by atoms with Gasteiger partial charge >= 0.3 is 0 Å². The monoisotopic (exact) mass is 199 g/mol. The topological polar surface area (TPSA) is 29.4 Å². The molecule has 2 nitrogen and oxygen atoms in total. The highest BCUT2D eigenvalue weighted by Gasteiger charge is 2.05. The maximum Gasteiger partial charge on any atom is 0.249 e. The third-order valence-corrected chi connectivity index (χ3v) is 2.40. The molecule has 0 bridgehead atoms. The van der Waals surface area contributed by atoms with Crippen LogP contribution in [0.4, 0.5) is 0 Å². The number of nitrogens with zero attached hydrogens (tertiary/aromatic N) is 1. The lowest BCUT2D eigenvalue weighted by atomic mass is 10.0. The van der Waals surface area contributed by atoms with Crippen molar-refractivity contribution in [2.24, 2.45) is 4.99 Å². The Bertz CT molecular complexity index is 444. The molecule has 1 aliphatic rings. The Morgan fingerprint density at radius 2 is 2.27 bits per heavy atom. The Morgan fingerprint density at radius 3 is 2.93 bits per heavy atom. The zero-order chi connectivity index (χ0) is 10.7. The molecule has 0 unspecified atom stereocenters. The van der Waals surface area contributed by atoms with E-state index in [1.54, 1.807) is 6.21 Å². The average molecular weight is 199 g/mol. The number of aliphatic imine (C=N–C) groups is 1. The summed E-state index contributed by atoms with van der Waals surface area (Å²) in [6.07, 6.45) is 4.93. The molecule has 0 fully saturated rings. The second kappa shape index (κ2) is 4.22. The molecule has 0 aliphatic carbocycles. The Hall–Kier alpha value is -1.70. The Balaban J connectivity index is 2.10. The molecule has 1 heterocycles. The molecule has 0 aromatic heterocycles. The molecule has 2 heteroatoms. The van der Waals surface area contributed by atoms with Gasteiger partial charge in [0.05, 0.1) is 0 Å². The molecule has 0 N–H and O–H groups in total. The summed E-state index contributed by atoms with van der Waals surface area (Å²) in [5.41, 5.74) is 3.65. The van der Waals surface area contributed by atoms with Crippen LogP contribution in [-0.4, -0.2) is 12.1 Å². The highest BCUT2D eigenvalue weighted by molar-refractivity contribution is 5.95. The summed E-state index contributed by atoms with van der Waals surface area (Å²) in [6.45, 7) is 2.08. The van der Waals surface area contributed by atoms with Crippen LogP contribution in [-0.2, 0) is 11.2 Å². The van der Waals surface area contributed by atoms with Crippen LogP contribution < -0.4 is 0 Å². The summed E-state index contributed by atoms with van der Waals surface area (Å²) >= 11 is 0. The van der Waals surface area contributed by atoms with Gasteiger partial charge in [0.2, 0.25) is 5.91 Å². The number of carbonyl (C=O) groups is 1. The van der Waals surface area contributed by atoms with E-state index in [4.69, 9.17) is 0 Å². The van der Waals surface area contributed by atoms with E-state index in [2.05, 4.69) is 36.2 Å². The number of amides is 1. The predicted molar refractivity (Wildman–Crippen MR) is 61.1 cm³/mol. The molecule has 1 aromatic carbocycles. The fourth-order valence-electron chi connectivity index (χ4n) is 1.65. The second-order valence-electron chi connectivity index (χ2n) is 3.80. The molecule has 1 amide bonds. The van der Waals surface area contributed by atoms with E-state index in [9.17, 15) is 4.79 Å². The number of aryl methyl sites for hydroxylation is 1. The maximum atomic E-state index is 10.9. The summed E-state index contributed by atoms with van der Waals surface area (Å²) in [5.74, 6) is -0.0528. The lowest BCUT2D eigenvalue weighted by Gasteiger charge is -2.06. The van der Waals surface area contributed by atoms with Gasteiger partial charge in [-0.05, 0) is 24.5 Å². The Kier molecular flexibility index (Phi) is 2.77. The number of hydrogen-bond donors (Lipinski definition) is 0. The van der Waals surface area contributed by atoms with Gasteiger partial charge in [-0.15, -0.1) is 0 Å². The second-order valence-corrected chi connectivity index (χ2v) is 3.80. The Labute approximate surface area is 89.3 Å². The summed E-state index contributed by atoms with van der Waals surface area (Å²) < 4.78 is 0. The highest BCUT2D eigenvalue weighted by atomic mass is 16.1. The largest absolute Gasteiger partial charge is 0.272 e. The van der Waals surface area contributed by atoms with Gasteiger partial charge < -0.3 is 0 Å². The van der Waals surface area contributed by atoms with Crippen molar-refractivity contribution < 1.29 is 4.79 Å². The Morgan fingerprint density at radius 1 is 1.40 bits per heavy atom. The number of dihydropyridines is 1. The van der Waals surface area contributed by atoms with Crippen molar-refractivity contribution in [1.29, 1.82) is 0 Å². The highest BCUT2D eigenvalue weighted by Crippen LogP contribution is 2.12. The van der Waals surface area contributed by atoms with E-state index >= 15 is 0 Å². The third-order valence-electron chi connectivity index (χ3n) is 2.40. The normalized spacial score (nSPS) is 15.3. The minimum atomic E-state index is -0.0528. The first-order chi connectivity index (χ1) is 7.24. The lowest BCUT2D eigenvalue weighted by Crippen LogP contribution is -2.02. The van der Waals surface area contributed by atoms with E-state index < -0.39 is 0 Å². The number of allylic oxidation sites excluding steroid dienone is 1. The first kappa shape index (κ1) is 9.84. The fourth-order valence-corrected chi connectivity index (χ4v) is 1.65. The average Bonchev–Trinajstić information content (AvgIpc) is 2.22. The molecule has 0 spiro atoms. The molecule has 2 rings (SSSR count). The number of hydrogen-bond acceptors (Lipinski definition) is 1. The predicted octanol–water partition coefficient (Wildman–Crippen LogP) is 2.47. The summed E-state index contributed by atoms with van der Waals surface area (Å²) in [5, 5.41) is 0. The lowest BCUT2D eigenvalue weighted by molar-refractivity contribution is -0.117. The van der Waals surface area contributed by atoms with Crippen LogP contribution in [0.25, 0.3) is 0 Å². The summed E-state index contributed by atoms with van der Waals surface area (Å²) in [4.78, 5) is 14.7. The first-order valence-corrected chi connectivity index (χ1v) is 5.05. The van der Waals surface area contributed by atoms with Gasteiger partial charge in [0.15, 0.2) is 0 Å². The van der Waals surface area contributed by atoms with Crippen molar-refractivity contribution in [2.45, 2.75) is 19.8 Å². The quantitative estimate of drug-likeness (QED) is 0.719. The van der Waals surface area contributed by atoms with Gasteiger partial charge in [-0.25, -0.2) is 4.99 Å². The molecule has 76 valence electrons. The van der Waals surface area contributed by atoms with Gasteiger partial charge in [-0.2, -0.15) is 0 Å². The van der Waals surface area contributed by atoms with E-state index in [-0.39, 0.29) is 5.91 Å². The number of carbonyl (C=O) groups excluding carboxylic acids is 1. The SMILES string of the molecule is Cc1cccc(CC2=CCC(=O)N=C2)c1. The molecular formula is C13H13NO. The van der Waals surface area contributed by atoms with E-state index in [1.807, 2.05) is 6.08 Å². The smallest absolute Gasteiger partial charge is 0.249 e. The fraction of sp³-hybridized carbons (Fsp3) is 0.231. The molecule has 1 aromatic rings. The molecule has 0 saturated heterocycles. The van der Waals surface area contributed by atoms with Crippen LogP contribution in [0, 0.1) is 6.92 Å². The van der Waals surface area contributed by atoms with E-state index in [0.29, 0.717) is 6.42 Å². The standard InChI is InChI=1S/C13H13NO/c1-10-3-2-4-11(7-10)8-12-5-6-13(15)14-9-12/h2-5,7,9H,6,8H2,1H3. The number of rotatable bonds is 2. The van der Waals surface area contributed by atoms with Crippen molar-refractivity contribution in [3.05, 3.63) is 47.0 Å². The van der Waals surface area contributed by atoms with Crippen molar-refractivity contribution in [1.82, 2.24) is 0 Å². The summed E-state index contributed by atoms with van der Waals surface area (Å²) in [6, 6.07) is 8.38.